The van der Waals surface area contributed by atoms with Crippen molar-refractivity contribution >= 4 is 21.8 Å². The molecule has 1 rings (SSSR count). The minimum absolute atomic E-state index is 0.0846. The Bertz CT molecular complexity index is 465. The van der Waals surface area contributed by atoms with Crippen LogP contribution in [0.2, 0.25) is 0 Å². The number of carbonyl (C=O) groups is 1. The van der Waals surface area contributed by atoms with Crippen molar-refractivity contribution in [3.8, 4) is 5.75 Å². The van der Waals surface area contributed by atoms with Gasteiger partial charge in [-0.05, 0) is 54.4 Å². The second-order valence-electron chi connectivity index (χ2n) is 4.86. The van der Waals surface area contributed by atoms with Crippen LogP contribution in [-0.4, -0.2) is 37.6 Å². The number of ether oxygens (including phenoxy) is 1. The Morgan fingerprint density at radius 3 is 2.60 bits per heavy atom. The van der Waals surface area contributed by atoms with Crippen LogP contribution in [0.5, 0.6) is 5.75 Å². The number of nitrogens with zero attached hydrogens (tertiary/aromatic N) is 1. The molecule has 0 bridgehead atoms. The normalized spacial score (nSPS) is 13.7. The van der Waals surface area contributed by atoms with Crippen LogP contribution in [0.3, 0.4) is 0 Å². The maximum Gasteiger partial charge on any atom is 0.239 e. The van der Waals surface area contributed by atoms with E-state index >= 15 is 0 Å². The van der Waals surface area contributed by atoms with Crippen molar-refractivity contribution in [2.75, 3.05) is 20.7 Å². The average molecular weight is 343 g/mol. The predicted octanol–water partition coefficient (Wildman–Crippen LogP) is 2.98. The molecule has 0 aliphatic carbocycles. The fourth-order valence-corrected chi connectivity index (χ4v) is 2.54. The van der Waals surface area contributed by atoms with E-state index in [1.807, 2.05) is 46.0 Å². The molecule has 1 aromatic carbocycles. The standard InChI is InChI=1S/C15H23BrN2O2/c1-6-18(4)15(19)11(3)17-10(2)12-7-8-14(20-5)13(16)9-12/h7-11,17H,6H2,1-5H3. The zero-order valence-electron chi connectivity index (χ0n) is 12.7. The molecule has 0 aliphatic heterocycles. The van der Waals surface area contributed by atoms with Crippen molar-refractivity contribution in [1.29, 1.82) is 0 Å². The van der Waals surface area contributed by atoms with Crippen LogP contribution in [0.15, 0.2) is 22.7 Å². The molecule has 0 aromatic heterocycles. The Labute approximate surface area is 129 Å². The number of benzene rings is 1. The van der Waals surface area contributed by atoms with E-state index in [9.17, 15) is 4.79 Å². The molecule has 2 unspecified atom stereocenters. The van der Waals surface area contributed by atoms with Gasteiger partial charge in [-0.3, -0.25) is 10.1 Å². The predicted molar refractivity (Wildman–Crippen MR) is 85.0 cm³/mol. The SMILES string of the molecule is CCN(C)C(=O)C(C)NC(C)c1ccc(OC)c(Br)c1. The lowest BCUT2D eigenvalue weighted by Gasteiger charge is -2.24. The van der Waals surface area contributed by atoms with Gasteiger partial charge in [-0.1, -0.05) is 6.07 Å². The van der Waals surface area contributed by atoms with Crippen LogP contribution < -0.4 is 10.1 Å². The molecule has 1 N–H and O–H groups in total. The molecule has 112 valence electrons. The summed E-state index contributed by atoms with van der Waals surface area (Å²) in [5.74, 6) is 0.905. The number of hydrogen-bond donors (Lipinski definition) is 1. The van der Waals surface area contributed by atoms with Crippen molar-refractivity contribution in [3.05, 3.63) is 28.2 Å². The Balaban J connectivity index is 2.73. The van der Waals surface area contributed by atoms with Crippen LogP contribution in [0.25, 0.3) is 0 Å². The molecule has 4 nitrogen and oxygen atoms in total. The summed E-state index contributed by atoms with van der Waals surface area (Å²) in [4.78, 5) is 13.8. The van der Waals surface area contributed by atoms with E-state index in [2.05, 4.69) is 21.2 Å². The third-order valence-electron chi connectivity index (χ3n) is 3.40. The molecule has 20 heavy (non-hydrogen) atoms. The van der Waals surface area contributed by atoms with Crippen LogP contribution in [0, 0.1) is 0 Å². The van der Waals surface area contributed by atoms with Crippen molar-refractivity contribution in [1.82, 2.24) is 10.2 Å². The molecule has 1 aromatic rings. The fraction of sp³-hybridized carbons (Fsp3) is 0.533. The third kappa shape index (κ3) is 4.21. The summed E-state index contributed by atoms with van der Waals surface area (Å²) in [6, 6.07) is 5.80. The van der Waals surface area contributed by atoms with Crippen LogP contribution in [0.1, 0.15) is 32.4 Å². The van der Waals surface area contributed by atoms with E-state index in [-0.39, 0.29) is 18.0 Å². The van der Waals surface area contributed by atoms with Gasteiger partial charge in [0.15, 0.2) is 0 Å². The van der Waals surface area contributed by atoms with Gasteiger partial charge >= 0.3 is 0 Å². The average Bonchev–Trinajstić information content (AvgIpc) is 2.45. The van der Waals surface area contributed by atoms with E-state index in [4.69, 9.17) is 4.74 Å². The van der Waals surface area contributed by atoms with Gasteiger partial charge in [0.2, 0.25) is 5.91 Å². The highest BCUT2D eigenvalue weighted by molar-refractivity contribution is 9.10. The molecule has 0 saturated heterocycles. The molecule has 0 spiro atoms. The van der Waals surface area contributed by atoms with E-state index in [1.165, 1.54) is 0 Å². The van der Waals surface area contributed by atoms with Gasteiger partial charge in [0.25, 0.3) is 0 Å². The maximum absolute atomic E-state index is 12.0. The summed E-state index contributed by atoms with van der Waals surface area (Å²) in [6.45, 7) is 6.62. The number of likely N-dealkylation sites (N-methyl/N-ethyl adjacent to an activating group) is 1. The van der Waals surface area contributed by atoms with Gasteiger partial charge in [-0.2, -0.15) is 0 Å². The van der Waals surface area contributed by atoms with Crippen molar-refractivity contribution in [2.45, 2.75) is 32.9 Å². The number of carbonyl (C=O) groups excluding carboxylic acids is 1. The molecule has 5 heteroatoms. The lowest BCUT2D eigenvalue weighted by Crippen LogP contribution is -2.43. The van der Waals surface area contributed by atoms with Crippen LogP contribution >= 0.6 is 15.9 Å². The second kappa shape index (κ2) is 7.64. The van der Waals surface area contributed by atoms with E-state index < -0.39 is 0 Å². The highest BCUT2D eigenvalue weighted by atomic mass is 79.9. The monoisotopic (exact) mass is 342 g/mol. The van der Waals surface area contributed by atoms with Gasteiger partial charge < -0.3 is 9.64 Å². The fourth-order valence-electron chi connectivity index (χ4n) is 1.98. The Morgan fingerprint density at radius 2 is 2.10 bits per heavy atom. The second-order valence-corrected chi connectivity index (χ2v) is 5.71. The van der Waals surface area contributed by atoms with Gasteiger partial charge in [-0.15, -0.1) is 0 Å². The zero-order chi connectivity index (χ0) is 15.3. The molecule has 0 radical (unpaired) electrons. The van der Waals surface area contributed by atoms with Crippen LogP contribution in [-0.2, 0) is 4.79 Å². The summed E-state index contributed by atoms with van der Waals surface area (Å²) >= 11 is 3.48. The first kappa shape index (κ1) is 17.0. The molecular formula is C15H23BrN2O2. The first-order valence-corrected chi connectivity index (χ1v) is 7.54. The number of rotatable bonds is 6. The number of halogens is 1. The minimum atomic E-state index is -0.212. The molecule has 0 saturated carbocycles. The van der Waals surface area contributed by atoms with Crippen molar-refractivity contribution in [3.63, 3.8) is 0 Å². The highest BCUT2D eigenvalue weighted by Crippen LogP contribution is 2.28. The topological polar surface area (TPSA) is 41.6 Å². The lowest BCUT2D eigenvalue weighted by molar-refractivity contribution is -0.131. The molecular weight excluding hydrogens is 320 g/mol. The summed E-state index contributed by atoms with van der Waals surface area (Å²) in [7, 11) is 3.46. The van der Waals surface area contributed by atoms with Gasteiger partial charge in [0.05, 0.1) is 17.6 Å². The molecule has 2 atom stereocenters. The Hall–Kier alpha value is -1.07. The minimum Gasteiger partial charge on any atom is -0.496 e. The number of amides is 1. The zero-order valence-corrected chi connectivity index (χ0v) is 14.3. The first-order chi connectivity index (χ1) is 9.40. The summed E-state index contributed by atoms with van der Waals surface area (Å²) in [6.07, 6.45) is 0. The third-order valence-corrected chi connectivity index (χ3v) is 4.02. The summed E-state index contributed by atoms with van der Waals surface area (Å²) < 4.78 is 6.13. The molecule has 1 amide bonds. The first-order valence-electron chi connectivity index (χ1n) is 6.75. The maximum atomic E-state index is 12.0. The highest BCUT2D eigenvalue weighted by Gasteiger charge is 2.19. The Kier molecular flexibility index (Phi) is 6.49. The summed E-state index contributed by atoms with van der Waals surface area (Å²) in [5.41, 5.74) is 1.11. The van der Waals surface area contributed by atoms with Crippen molar-refractivity contribution in [2.24, 2.45) is 0 Å². The number of methoxy groups -OCH3 is 1. The van der Waals surface area contributed by atoms with Gasteiger partial charge in [0, 0.05) is 19.6 Å². The molecule has 0 heterocycles. The molecule has 0 fully saturated rings. The smallest absolute Gasteiger partial charge is 0.239 e. The number of hydrogen-bond acceptors (Lipinski definition) is 3. The Morgan fingerprint density at radius 1 is 1.45 bits per heavy atom. The number of nitrogens with one attached hydrogen (secondary N) is 1. The van der Waals surface area contributed by atoms with E-state index in [0.29, 0.717) is 6.54 Å². The lowest BCUT2D eigenvalue weighted by atomic mass is 10.1. The van der Waals surface area contributed by atoms with Crippen LogP contribution in [0.4, 0.5) is 0 Å². The molecule has 0 aliphatic rings. The van der Waals surface area contributed by atoms with Gasteiger partial charge in [-0.25, -0.2) is 0 Å². The van der Waals surface area contributed by atoms with Crippen molar-refractivity contribution < 1.29 is 9.53 Å². The quantitative estimate of drug-likeness (QED) is 0.863. The van der Waals surface area contributed by atoms with Gasteiger partial charge in [0.1, 0.15) is 5.75 Å². The van der Waals surface area contributed by atoms with E-state index in [1.54, 1.807) is 12.0 Å². The largest absolute Gasteiger partial charge is 0.496 e. The summed E-state index contributed by atoms with van der Waals surface area (Å²) in [5, 5.41) is 3.32. The van der Waals surface area contributed by atoms with E-state index in [0.717, 1.165) is 15.8 Å².